The highest BCUT2D eigenvalue weighted by molar-refractivity contribution is 5.08. The second kappa shape index (κ2) is 5.51. The maximum Gasteiger partial charge on any atom is 0.216 e. The summed E-state index contributed by atoms with van der Waals surface area (Å²) in [6, 6.07) is 1.77. The number of methoxy groups -OCH3 is 1. The molecule has 72 valence electrons. The predicted octanol–water partition coefficient (Wildman–Crippen LogP) is 2.22. The van der Waals surface area contributed by atoms with Crippen LogP contribution in [0.1, 0.15) is 32.0 Å². The van der Waals surface area contributed by atoms with Crippen LogP contribution >= 0.6 is 0 Å². The van der Waals surface area contributed by atoms with Crippen molar-refractivity contribution in [3.05, 3.63) is 18.1 Å². The molecule has 0 N–H and O–H groups in total. The zero-order valence-corrected chi connectivity index (χ0v) is 8.29. The molecule has 0 saturated heterocycles. The van der Waals surface area contributed by atoms with E-state index in [1.807, 2.05) is 0 Å². The van der Waals surface area contributed by atoms with Crippen molar-refractivity contribution < 1.29 is 4.74 Å². The van der Waals surface area contributed by atoms with Gasteiger partial charge in [-0.1, -0.05) is 19.8 Å². The first kappa shape index (κ1) is 9.96. The zero-order chi connectivity index (χ0) is 9.52. The summed E-state index contributed by atoms with van der Waals surface area (Å²) in [7, 11) is 1.62. The van der Waals surface area contributed by atoms with Crippen LogP contribution in [0.4, 0.5) is 0 Å². The molecule has 0 aliphatic carbocycles. The van der Waals surface area contributed by atoms with E-state index in [1.54, 1.807) is 19.4 Å². The maximum atomic E-state index is 5.01. The van der Waals surface area contributed by atoms with Crippen LogP contribution in [-0.2, 0) is 6.42 Å². The molecule has 0 spiro atoms. The van der Waals surface area contributed by atoms with E-state index in [9.17, 15) is 0 Å². The lowest BCUT2D eigenvalue weighted by Gasteiger charge is -2.01. The maximum absolute atomic E-state index is 5.01. The van der Waals surface area contributed by atoms with Gasteiger partial charge in [-0.3, -0.25) is 0 Å². The Morgan fingerprint density at radius 2 is 2.23 bits per heavy atom. The highest BCUT2D eigenvalue weighted by Gasteiger charge is 1.98. The Morgan fingerprint density at radius 1 is 1.38 bits per heavy atom. The molecule has 0 amide bonds. The van der Waals surface area contributed by atoms with Crippen LogP contribution in [0.2, 0.25) is 0 Å². The summed E-state index contributed by atoms with van der Waals surface area (Å²) in [5.41, 5.74) is 0. The Morgan fingerprint density at radius 3 is 2.92 bits per heavy atom. The number of ether oxygens (including phenoxy) is 1. The van der Waals surface area contributed by atoms with Gasteiger partial charge in [-0.25, -0.2) is 4.98 Å². The lowest BCUT2D eigenvalue weighted by molar-refractivity contribution is 0.394. The number of aromatic nitrogens is 2. The summed E-state index contributed by atoms with van der Waals surface area (Å²) in [6.45, 7) is 2.19. The summed E-state index contributed by atoms with van der Waals surface area (Å²) < 4.78 is 5.01. The number of unbranched alkanes of at least 4 members (excludes halogenated alkanes) is 2. The van der Waals surface area contributed by atoms with Gasteiger partial charge in [-0.15, -0.1) is 0 Å². The van der Waals surface area contributed by atoms with Gasteiger partial charge in [-0.2, -0.15) is 4.98 Å². The van der Waals surface area contributed by atoms with E-state index in [2.05, 4.69) is 16.9 Å². The molecule has 13 heavy (non-hydrogen) atoms. The molecule has 0 saturated carbocycles. The minimum atomic E-state index is 0.654. The summed E-state index contributed by atoms with van der Waals surface area (Å²) in [5, 5.41) is 0. The minimum Gasteiger partial charge on any atom is -0.481 e. The Bertz CT molecular complexity index is 250. The summed E-state index contributed by atoms with van der Waals surface area (Å²) >= 11 is 0. The molecule has 1 rings (SSSR count). The van der Waals surface area contributed by atoms with Gasteiger partial charge in [0.25, 0.3) is 0 Å². The van der Waals surface area contributed by atoms with Gasteiger partial charge >= 0.3 is 0 Å². The molecule has 0 radical (unpaired) electrons. The normalized spacial score (nSPS) is 10.0. The van der Waals surface area contributed by atoms with E-state index in [0.29, 0.717) is 5.88 Å². The van der Waals surface area contributed by atoms with Gasteiger partial charge in [0.05, 0.1) is 7.11 Å². The zero-order valence-electron chi connectivity index (χ0n) is 8.29. The van der Waals surface area contributed by atoms with Gasteiger partial charge in [0.15, 0.2) is 0 Å². The molecule has 0 aliphatic heterocycles. The smallest absolute Gasteiger partial charge is 0.216 e. The largest absolute Gasteiger partial charge is 0.481 e. The van der Waals surface area contributed by atoms with E-state index >= 15 is 0 Å². The monoisotopic (exact) mass is 180 g/mol. The fourth-order valence-electron chi connectivity index (χ4n) is 1.15. The molecule has 0 bridgehead atoms. The topological polar surface area (TPSA) is 35.0 Å². The first-order chi connectivity index (χ1) is 6.36. The van der Waals surface area contributed by atoms with E-state index < -0.39 is 0 Å². The van der Waals surface area contributed by atoms with E-state index in [4.69, 9.17) is 4.74 Å². The summed E-state index contributed by atoms with van der Waals surface area (Å²) in [5.74, 6) is 1.54. The van der Waals surface area contributed by atoms with Crippen molar-refractivity contribution in [1.82, 2.24) is 9.97 Å². The first-order valence-corrected chi connectivity index (χ1v) is 4.72. The number of nitrogens with zero attached hydrogens (tertiary/aromatic N) is 2. The third kappa shape index (κ3) is 3.40. The average molecular weight is 180 g/mol. The molecule has 0 aromatic carbocycles. The van der Waals surface area contributed by atoms with Crippen molar-refractivity contribution in [2.45, 2.75) is 32.6 Å². The van der Waals surface area contributed by atoms with Crippen molar-refractivity contribution in [2.24, 2.45) is 0 Å². The van der Waals surface area contributed by atoms with Crippen molar-refractivity contribution in [3.63, 3.8) is 0 Å². The van der Waals surface area contributed by atoms with Crippen LogP contribution in [0.15, 0.2) is 12.3 Å². The quantitative estimate of drug-likeness (QED) is 0.652. The predicted molar refractivity (Wildman–Crippen MR) is 51.8 cm³/mol. The highest BCUT2D eigenvalue weighted by atomic mass is 16.5. The van der Waals surface area contributed by atoms with Crippen molar-refractivity contribution in [3.8, 4) is 5.88 Å². The van der Waals surface area contributed by atoms with Crippen LogP contribution in [0, 0.1) is 0 Å². The van der Waals surface area contributed by atoms with E-state index in [1.165, 1.54) is 12.8 Å². The molecule has 3 heteroatoms. The first-order valence-electron chi connectivity index (χ1n) is 4.72. The lowest BCUT2D eigenvalue weighted by atomic mass is 10.2. The van der Waals surface area contributed by atoms with Crippen LogP contribution in [-0.4, -0.2) is 17.1 Å². The number of rotatable bonds is 5. The Hall–Kier alpha value is -1.12. The van der Waals surface area contributed by atoms with Crippen molar-refractivity contribution >= 4 is 0 Å². The molecule has 1 aromatic rings. The van der Waals surface area contributed by atoms with Gasteiger partial charge in [0.2, 0.25) is 5.88 Å². The Labute approximate surface area is 79.2 Å². The summed E-state index contributed by atoms with van der Waals surface area (Å²) in [6.07, 6.45) is 6.31. The molecule has 0 fully saturated rings. The molecule has 1 aromatic heterocycles. The SMILES string of the molecule is CCCCCc1nccc(OC)n1. The lowest BCUT2D eigenvalue weighted by Crippen LogP contribution is -1.96. The average Bonchev–Trinajstić information content (AvgIpc) is 2.19. The molecule has 3 nitrogen and oxygen atoms in total. The third-order valence-electron chi connectivity index (χ3n) is 1.89. The Balaban J connectivity index is 2.46. The van der Waals surface area contributed by atoms with Gasteiger partial charge < -0.3 is 4.74 Å². The number of hydrogen-bond acceptors (Lipinski definition) is 3. The molecule has 0 unspecified atom stereocenters. The van der Waals surface area contributed by atoms with Crippen molar-refractivity contribution in [2.75, 3.05) is 7.11 Å². The highest BCUT2D eigenvalue weighted by Crippen LogP contribution is 2.06. The fourth-order valence-corrected chi connectivity index (χ4v) is 1.15. The molecule has 0 atom stereocenters. The second-order valence-electron chi connectivity index (χ2n) is 2.97. The van der Waals surface area contributed by atoms with Crippen molar-refractivity contribution in [1.29, 1.82) is 0 Å². The third-order valence-corrected chi connectivity index (χ3v) is 1.89. The van der Waals surface area contributed by atoms with Gasteiger partial charge in [0.1, 0.15) is 5.82 Å². The fraction of sp³-hybridized carbons (Fsp3) is 0.600. The number of hydrogen-bond donors (Lipinski definition) is 0. The molecular weight excluding hydrogens is 164 g/mol. The van der Waals surface area contributed by atoms with Crippen LogP contribution in [0.25, 0.3) is 0 Å². The van der Waals surface area contributed by atoms with Gasteiger partial charge in [0, 0.05) is 18.7 Å². The molecule has 0 aliphatic rings. The van der Waals surface area contributed by atoms with E-state index in [-0.39, 0.29) is 0 Å². The molecular formula is C10H16N2O. The number of aryl methyl sites for hydroxylation is 1. The minimum absolute atomic E-state index is 0.654. The molecule has 1 heterocycles. The van der Waals surface area contributed by atoms with Crippen LogP contribution in [0.3, 0.4) is 0 Å². The standard InChI is InChI=1S/C10H16N2O/c1-3-4-5-6-9-11-8-7-10(12-9)13-2/h7-8H,3-6H2,1-2H3. The van der Waals surface area contributed by atoms with Crippen LogP contribution < -0.4 is 4.74 Å². The summed E-state index contributed by atoms with van der Waals surface area (Å²) in [4.78, 5) is 8.40. The Kier molecular flexibility index (Phi) is 4.23. The van der Waals surface area contributed by atoms with Crippen LogP contribution in [0.5, 0.6) is 5.88 Å². The second-order valence-corrected chi connectivity index (χ2v) is 2.97. The van der Waals surface area contributed by atoms with Gasteiger partial charge in [-0.05, 0) is 6.42 Å². The van der Waals surface area contributed by atoms with E-state index in [0.717, 1.165) is 18.7 Å².